The molecule has 0 radical (unpaired) electrons. The topological polar surface area (TPSA) is 18.5 Å². The highest BCUT2D eigenvalue weighted by Crippen LogP contribution is 2.19. The van der Waals surface area contributed by atoms with Gasteiger partial charge in [0.25, 0.3) is 0 Å². The number of hydrogen-bond donors (Lipinski definition) is 0. The second-order valence-electron chi connectivity index (χ2n) is 5.86. The lowest BCUT2D eigenvalue weighted by atomic mass is 10.1. The summed E-state index contributed by atoms with van der Waals surface area (Å²) in [5.41, 5.74) is 3.42. The van der Waals surface area contributed by atoms with Crippen LogP contribution in [0.5, 0.6) is 5.75 Å². The fourth-order valence-electron chi connectivity index (χ4n) is 2.44. The summed E-state index contributed by atoms with van der Waals surface area (Å²) in [6.07, 6.45) is 7.74. The molecule has 0 aromatic heterocycles. The Labute approximate surface area is 151 Å². The average Bonchev–Trinajstić information content (AvgIpc) is 2.67. The standard InChI is InChI=1S/C23H26O2/c1-4-23(21-12-6-5-7-13-21)25-18-19(2)10-8-9-11-20-14-16-22(24-3)17-15-20/h4-9,12-17,23H,1-2,10-11,18H2,3H3/b9-8-. The highest BCUT2D eigenvalue weighted by Gasteiger charge is 2.07. The summed E-state index contributed by atoms with van der Waals surface area (Å²) in [6, 6.07) is 18.2. The van der Waals surface area contributed by atoms with Crippen LogP contribution in [0, 0.1) is 0 Å². The second kappa shape index (κ2) is 10.3. The van der Waals surface area contributed by atoms with Crippen LogP contribution in [0.1, 0.15) is 23.7 Å². The van der Waals surface area contributed by atoms with Gasteiger partial charge in [-0.2, -0.15) is 0 Å². The quantitative estimate of drug-likeness (QED) is 0.520. The normalized spacial score (nSPS) is 12.0. The van der Waals surface area contributed by atoms with Gasteiger partial charge in [0, 0.05) is 0 Å². The maximum Gasteiger partial charge on any atom is 0.118 e. The van der Waals surface area contributed by atoms with Crippen LogP contribution in [0.4, 0.5) is 0 Å². The van der Waals surface area contributed by atoms with Crippen molar-refractivity contribution in [3.05, 3.63) is 103 Å². The first-order valence-corrected chi connectivity index (χ1v) is 8.46. The molecule has 0 aliphatic rings. The van der Waals surface area contributed by atoms with E-state index < -0.39 is 0 Å². The Kier molecular flexibility index (Phi) is 7.74. The number of ether oxygens (including phenoxy) is 2. The van der Waals surface area contributed by atoms with E-state index in [9.17, 15) is 0 Å². The smallest absolute Gasteiger partial charge is 0.118 e. The van der Waals surface area contributed by atoms with E-state index in [4.69, 9.17) is 9.47 Å². The van der Waals surface area contributed by atoms with Gasteiger partial charge in [-0.25, -0.2) is 0 Å². The molecule has 2 nitrogen and oxygen atoms in total. The van der Waals surface area contributed by atoms with Crippen molar-refractivity contribution < 1.29 is 9.47 Å². The monoisotopic (exact) mass is 334 g/mol. The van der Waals surface area contributed by atoms with Crippen molar-refractivity contribution in [3.63, 3.8) is 0 Å². The summed E-state index contributed by atoms with van der Waals surface area (Å²) < 4.78 is 11.1. The van der Waals surface area contributed by atoms with Gasteiger partial charge in [0.05, 0.1) is 13.7 Å². The van der Waals surface area contributed by atoms with Crippen LogP contribution in [0.2, 0.25) is 0 Å². The second-order valence-corrected chi connectivity index (χ2v) is 5.86. The molecule has 0 saturated heterocycles. The van der Waals surface area contributed by atoms with Crippen molar-refractivity contribution >= 4 is 0 Å². The molecule has 130 valence electrons. The molecule has 0 N–H and O–H groups in total. The lowest BCUT2D eigenvalue weighted by Gasteiger charge is -2.15. The van der Waals surface area contributed by atoms with E-state index >= 15 is 0 Å². The van der Waals surface area contributed by atoms with Crippen molar-refractivity contribution in [2.24, 2.45) is 0 Å². The summed E-state index contributed by atoms with van der Waals surface area (Å²) in [4.78, 5) is 0. The van der Waals surface area contributed by atoms with Crippen LogP contribution in [0.15, 0.2) is 91.6 Å². The van der Waals surface area contributed by atoms with E-state index in [0.29, 0.717) is 6.61 Å². The zero-order chi connectivity index (χ0) is 17.9. The lowest BCUT2D eigenvalue weighted by molar-refractivity contribution is 0.104. The molecule has 2 aromatic carbocycles. The number of rotatable bonds is 10. The highest BCUT2D eigenvalue weighted by molar-refractivity contribution is 5.28. The molecule has 0 fully saturated rings. The summed E-state index contributed by atoms with van der Waals surface area (Å²) in [5, 5.41) is 0. The maximum atomic E-state index is 5.91. The highest BCUT2D eigenvalue weighted by atomic mass is 16.5. The van der Waals surface area contributed by atoms with Gasteiger partial charge in [-0.05, 0) is 41.7 Å². The zero-order valence-electron chi connectivity index (χ0n) is 14.9. The summed E-state index contributed by atoms with van der Waals surface area (Å²) >= 11 is 0. The maximum absolute atomic E-state index is 5.91. The van der Waals surface area contributed by atoms with E-state index in [1.807, 2.05) is 48.5 Å². The van der Waals surface area contributed by atoms with Crippen molar-refractivity contribution in [1.29, 1.82) is 0 Å². The van der Waals surface area contributed by atoms with Crippen LogP contribution in [0.25, 0.3) is 0 Å². The molecular weight excluding hydrogens is 308 g/mol. The van der Waals surface area contributed by atoms with Gasteiger partial charge in [-0.15, -0.1) is 6.58 Å². The van der Waals surface area contributed by atoms with E-state index in [2.05, 4.69) is 37.4 Å². The Bertz CT molecular complexity index is 684. The van der Waals surface area contributed by atoms with Crippen LogP contribution < -0.4 is 4.74 Å². The Morgan fingerprint density at radius 2 is 1.76 bits per heavy atom. The van der Waals surface area contributed by atoms with Crippen molar-refractivity contribution in [3.8, 4) is 5.75 Å². The molecule has 0 bridgehead atoms. The van der Waals surface area contributed by atoms with Crippen LogP contribution in [0.3, 0.4) is 0 Å². The first-order valence-electron chi connectivity index (χ1n) is 8.46. The molecule has 2 rings (SSSR count). The number of allylic oxidation sites excluding steroid dienone is 2. The van der Waals surface area contributed by atoms with Crippen LogP contribution in [-0.4, -0.2) is 13.7 Å². The van der Waals surface area contributed by atoms with Crippen LogP contribution in [-0.2, 0) is 11.2 Å². The van der Waals surface area contributed by atoms with Gasteiger partial charge in [0.2, 0.25) is 0 Å². The summed E-state index contributed by atoms with van der Waals surface area (Å²) in [7, 11) is 1.68. The van der Waals surface area contributed by atoms with Gasteiger partial charge in [0.15, 0.2) is 0 Å². The first kappa shape index (κ1) is 18.8. The van der Waals surface area contributed by atoms with Crippen molar-refractivity contribution in [1.82, 2.24) is 0 Å². The van der Waals surface area contributed by atoms with Crippen molar-refractivity contribution in [2.45, 2.75) is 18.9 Å². The van der Waals surface area contributed by atoms with Gasteiger partial charge in [-0.1, -0.05) is 67.3 Å². The Balaban J connectivity index is 1.73. The van der Waals surface area contributed by atoms with E-state index in [1.54, 1.807) is 7.11 Å². The van der Waals surface area contributed by atoms with E-state index in [-0.39, 0.29) is 6.10 Å². The summed E-state index contributed by atoms with van der Waals surface area (Å²) in [5.74, 6) is 0.883. The third-order valence-corrected chi connectivity index (χ3v) is 3.89. The minimum Gasteiger partial charge on any atom is -0.497 e. The molecule has 1 unspecified atom stereocenters. The number of hydrogen-bond acceptors (Lipinski definition) is 2. The lowest BCUT2D eigenvalue weighted by Crippen LogP contribution is -2.04. The fraction of sp³-hybridized carbons (Fsp3) is 0.217. The molecule has 1 atom stereocenters. The third-order valence-electron chi connectivity index (χ3n) is 3.89. The predicted octanol–water partition coefficient (Wildman–Crippen LogP) is 5.68. The number of benzene rings is 2. The molecule has 0 aliphatic heterocycles. The molecule has 0 aliphatic carbocycles. The molecule has 0 amide bonds. The molecule has 0 saturated carbocycles. The van der Waals surface area contributed by atoms with Crippen LogP contribution >= 0.6 is 0 Å². The predicted molar refractivity (Wildman–Crippen MR) is 105 cm³/mol. The largest absolute Gasteiger partial charge is 0.497 e. The molecule has 0 heterocycles. The Hall–Kier alpha value is -2.58. The molecule has 0 spiro atoms. The first-order chi connectivity index (χ1) is 12.2. The molecule has 25 heavy (non-hydrogen) atoms. The molecule has 2 aromatic rings. The SMILES string of the molecule is C=CC(OCC(=C)C/C=C\Cc1ccc(OC)cc1)c1ccccc1. The van der Waals surface area contributed by atoms with Gasteiger partial charge >= 0.3 is 0 Å². The number of methoxy groups -OCH3 is 1. The zero-order valence-corrected chi connectivity index (χ0v) is 14.9. The van der Waals surface area contributed by atoms with Gasteiger partial charge < -0.3 is 9.47 Å². The fourth-order valence-corrected chi connectivity index (χ4v) is 2.44. The van der Waals surface area contributed by atoms with E-state index in [1.165, 1.54) is 5.56 Å². The minimum absolute atomic E-state index is 0.0961. The van der Waals surface area contributed by atoms with Gasteiger partial charge in [-0.3, -0.25) is 0 Å². The average molecular weight is 334 g/mol. The minimum atomic E-state index is -0.0961. The molecule has 2 heteroatoms. The molecular formula is C23H26O2. The van der Waals surface area contributed by atoms with E-state index in [0.717, 1.165) is 29.7 Å². The Morgan fingerprint density at radius 1 is 1.04 bits per heavy atom. The summed E-state index contributed by atoms with van der Waals surface area (Å²) in [6.45, 7) is 8.48. The van der Waals surface area contributed by atoms with Gasteiger partial charge in [0.1, 0.15) is 11.9 Å². The third kappa shape index (κ3) is 6.44. The Morgan fingerprint density at radius 3 is 2.40 bits per heavy atom. The van der Waals surface area contributed by atoms with Crippen molar-refractivity contribution in [2.75, 3.05) is 13.7 Å².